The first kappa shape index (κ1) is 8.44. The van der Waals surface area contributed by atoms with Gasteiger partial charge in [0.1, 0.15) is 0 Å². The molecule has 0 fully saturated rings. The number of rotatable bonds is 1. The van der Waals surface area contributed by atoms with E-state index in [2.05, 4.69) is 31.2 Å². The van der Waals surface area contributed by atoms with Crippen molar-refractivity contribution in [3.05, 3.63) is 44.3 Å². The van der Waals surface area contributed by atoms with Crippen LogP contribution in [0.1, 0.15) is 19.8 Å². The number of hydrogen-bond donors (Lipinski definition) is 0. The van der Waals surface area contributed by atoms with Gasteiger partial charge in [0.15, 0.2) is 0 Å². The van der Waals surface area contributed by atoms with Crippen LogP contribution in [0, 0.1) is 0 Å². The van der Waals surface area contributed by atoms with Crippen LogP contribution in [0.15, 0.2) is 44.3 Å². The van der Waals surface area contributed by atoms with E-state index in [0.717, 1.165) is 6.42 Å². The molecule has 0 aromatic rings. The minimum absolute atomic E-state index is 1.14. The van der Waals surface area contributed by atoms with Gasteiger partial charge in [-0.05, 0) is 0 Å². The predicted molar refractivity (Wildman–Crippen MR) is 47.2 cm³/mol. The summed E-state index contributed by atoms with van der Waals surface area (Å²) in [5.41, 5.74) is 4.56. The van der Waals surface area contributed by atoms with E-state index in [1.165, 1.54) is 17.6 Å². The van der Waals surface area contributed by atoms with E-state index in [0.29, 0.717) is 0 Å². The summed E-state index contributed by atoms with van der Waals surface area (Å²) in [6, 6.07) is 0. The SMILES string of the molecule is CC1=CC[C]([Zr])=C1C1=CC=CC1. The van der Waals surface area contributed by atoms with Crippen LogP contribution in [0.3, 0.4) is 0 Å². The average molecular weight is 234 g/mol. The van der Waals surface area contributed by atoms with Crippen LogP contribution < -0.4 is 0 Å². The Kier molecular flexibility index (Phi) is 2.32. The third-order valence-corrected chi connectivity index (χ3v) is 3.52. The Morgan fingerprint density at radius 2 is 2.17 bits per heavy atom. The van der Waals surface area contributed by atoms with Crippen molar-refractivity contribution in [3.8, 4) is 0 Å². The summed E-state index contributed by atoms with van der Waals surface area (Å²) in [4.78, 5) is 0. The molecule has 2 aliphatic rings. The molecule has 0 unspecified atom stereocenters. The molecule has 0 radical (unpaired) electrons. The van der Waals surface area contributed by atoms with Gasteiger partial charge in [-0.15, -0.1) is 0 Å². The minimum atomic E-state index is 1.14. The first-order chi connectivity index (χ1) is 5.79. The summed E-state index contributed by atoms with van der Waals surface area (Å²) in [6.07, 6.45) is 11.3. The number of allylic oxidation sites excluding steroid dienone is 8. The Labute approximate surface area is 88.6 Å². The Morgan fingerprint density at radius 3 is 2.67 bits per heavy atom. The van der Waals surface area contributed by atoms with Crippen molar-refractivity contribution >= 4 is 0 Å². The van der Waals surface area contributed by atoms with Crippen molar-refractivity contribution in [2.24, 2.45) is 0 Å². The van der Waals surface area contributed by atoms with Crippen molar-refractivity contribution in [2.75, 3.05) is 0 Å². The quantitative estimate of drug-likeness (QED) is 0.654. The Bertz CT molecular complexity index is 327. The van der Waals surface area contributed by atoms with Crippen LogP contribution in [0.2, 0.25) is 0 Å². The van der Waals surface area contributed by atoms with Crippen molar-refractivity contribution in [2.45, 2.75) is 19.8 Å². The molecule has 0 aromatic heterocycles. The van der Waals surface area contributed by atoms with Gasteiger partial charge in [-0.25, -0.2) is 0 Å². The van der Waals surface area contributed by atoms with Crippen molar-refractivity contribution in [1.82, 2.24) is 0 Å². The maximum absolute atomic E-state index is 2.35. The van der Waals surface area contributed by atoms with Gasteiger partial charge in [-0.1, -0.05) is 0 Å². The molecule has 1 heteroatoms. The van der Waals surface area contributed by atoms with E-state index >= 15 is 0 Å². The normalized spacial score (nSPS) is 21.7. The maximum atomic E-state index is 2.35. The van der Waals surface area contributed by atoms with Crippen molar-refractivity contribution < 1.29 is 24.7 Å². The van der Waals surface area contributed by atoms with E-state index in [1.807, 2.05) is 0 Å². The Balaban J connectivity index is 2.34. The van der Waals surface area contributed by atoms with Gasteiger partial charge in [0.2, 0.25) is 0 Å². The fraction of sp³-hybridized carbons (Fsp3) is 0.273. The second-order valence-electron chi connectivity index (χ2n) is 3.27. The summed E-state index contributed by atoms with van der Waals surface area (Å²) >= 11 is 1.58. The van der Waals surface area contributed by atoms with Crippen molar-refractivity contribution in [1.29, 1.82) is 0 Å². The molecule has 12 heavy (non-hydrogen) atoms. The molecule has 2 rings (SSSR count). The van der Waals surface area contributed by atoms with Gasteiger partial charge >= 0.3 is 88.8 Å². The van der Waals surface area contributed by atoms with Gasteiger partial charge in [-0.2, -0.15) is 0 Å². The zero-order valence-electron chi connectivity index (χ0n) is 7.22. The summed E-state index contributed by atoms with van der Waals surface area (Å²) in [7, 11) is 0. The zero-order valence-corrected chi connectivity index (χ0v) is 9.68. The first-order valence-electron chi connectivity index (χ1n) is 4.27. The standard InChI is InChI=1S/C11H11.Zr/c1-9-5-4-8-11(9)10-6-2-3-7-10;/h2-3,5-6H,4,7H2,1H3;. The fourth-order valence-corrected chi connectivity index (χ4v) is 2.91. The van der Waals surface area contributed by atoms with Gasteiger partial charge in [0.25, 0.3) is 0 Å². The van der Waals surface area contributed by atoms with Crippen LogP contribution in [0.25, 0.3) is 0 Å². The zero-order chi connectivity index (χ0) is 8.55. The molecule has 0 amide bonds. The molecule has 0 saturated carbocycles. The van der Waals surface area contributed by atoms with E-state index < -0.39 is 0 Å². The average Bonchev–Trinajstić information content (AvgIpc) is 2.61. The van der Waals surface area contributed by atoms with Gasteiger partial charge < -0.3 is 0 Å². The van der Waals surface area contributed by atoms with Gasteiger partial charge in [0, 0.05) is 0 Å². The van der Waals surface area contributed by atoms with Crippen LogP contribution in [0.4, 0.5) is 0 Å². The first-order valence-corrected chi connectivity index (χ1v) is 5.50. The van der Waals surface area contributed by atoms with Crippen LogP contribution in [-0.2, 0) is 24.7 Å². The molecular weight excluding hydrogens is 223 g/mol. The topological polar surface area (TPSA) is 0 Å². The van der Waals surface area contributed by atoms with E-state index in [-0.39, 0.29) is 0 Å². The molecule has 0 N–H and O–H groups in total. The molecule has 0 saturated heterocycles. The summed E-state index contributed by atoms with van der Waals surface area (Å²) in [5.74, 6) is 0. The predicted octanol–water partition coefficient (Wildman–Crippen LogP) is 3.02. The van der Waals surface area contributed by atoms with E-state index in [9.17, 15) is 0 Å². The Hall–Kier alpha value is -0.157. The molecule has 0 atom stereocenters. The van der Waals surface area contributed by atoms with Gasteiger partial charge in [0.05, 0.1) is 0 Å². The molecule has 0 aliphatic heterocycles. The third-order valence-electron chi connectivity index (χ3n) is 2.40. The summed E-state index contributed by atoms with van der Waals surface area (Å²) in [6.45, 7) is 2.23. The Morgan fingerprint density at radius 1 is 1.33 bits per heavy atom. The summed E-state index contributed by atoms with van der Waals surface area (Å²) in [5, 5.41) is 0. The van der Waals surface area contributed by atoms with Crippen LogP contribution in [-0.4, -0.2) is 0 Å². The molecule has 0 aromatic carbocycles. The second kappa shape index (κ2) is 3.30. The van der Waals surface area contributed by atoms with E-state index in [1.54, 1.807) is 33.6 Å². The second-order valence-corrected chi connectivity index (χ2v) is 4.75. The molecular formula is C11H11Zr. The molecule has 0 spiro atoms. The van der Waals surface area contributed by atoms with Gasteiger partial charge in [-0.3, -0.25) is 0 Å². The number of hydrogen-bond acceptors (Lipinski definition) is 0. The monoisotopic (exact) mass is 233 g/mol. The molecule has 0 heterocycles. The fourth-order valence-electron chi connectivity index (χ4n) is 1.78. The van der Waals surface area contributed by atoms with Crippen LogP contribution in [0.5, 0.6) is 0 Å². The molecule has 2 aliphatic carbocycles. The summed E-state index contributed by atoms with van der Waals surface area (Å²) < 4.78 is 1.62. The van der Waals surface area contributed by atoms with Crippen LogP contribution >= 0.6 is 0 Å². The molecule has 0 bridgehead atoms. The molecule has 59 valence electrons. The molecule has 0 nitrogen and oxygen atoms in total. The van der Waals surface area contributed by atoms with Crippen molar-refractivity contribution in [3.63, 3.8) is 0 Å². The third kappa shape index (κ3) is 1.35. The van der Waals surface area contributed by atoms with E-state index in [4.69, 9.17) is 0 Å².